The van der Waals surface area contributed by atoms with Crippen LogP contribution in [0.2, 0.25) is 0 Å². The van der Waals surface area contributed by atoms with Gasteiger partial charge in [0.15, 0.2) is 0 Å². The van der Waals surface area contributed by atoms with Crippen LogP contribution in [0, 0.1) is 6.92 Å². The van der Waals surface area contributed by atoms with Crippen LogP contribution >= 0.6 is 0 Å². The van der Waals surface area contributed by atoms with E-state index in [1.807, 2.05) is 13.0 Å². The first-order valence-corrected chi connectivity index (χ1v) is 5.77. The fourth-order valence-corrected chi connectivity index (χ4v) is 3.13. The molecule has 0 aliphatic carbocycles. The van der Waals surface area contributed by atoms with Crippen molar-refractivity contribution in [2.45, 2.75) is 11.8 Å². The highest BCUT2D eigenvalue weighted by molar-refractivity contribution is 7.95. The van der Waals surface area contributed by atoms with E-state index in [1.54, 1.807) is 12.1 Å². The summed E-state index contributed by atoms with van der Waals surface area (Å²) in [5.41, 5.74) is 2.00. The van der Waals surface area contributed by atoms with Gasteiger partial charge in [0, 0.05) is 5.41 Å². The zero-order valence-corrected chi connectivity index (χ0v) is 8.50. The van der Waals surface area contributed by atoms with Crippen LogP contribution in [-0.2, 0) is 9.84 Å². The van der Waals surface area contributed by atoms with Crippen molar-refractivity contribution in [3.63, 3.8) is 0 Å². The number of benzene rings is 1. The second kappa shape index (κ2) is 2.93. The van der Waals surface area contributed by atoms with Gasteiger partial charge in [-0.05, 0) is 29.7 Å². The fraction of sp³-hybridized carbons (Fsp3) is 0.200. The molecule has 1 aromatic rings. The summed E-state index contributed by atoms with van der Waals surface area (Å²) < 4.78 is 23.2. The Morgan fingerprint density at radius 3 is 2.71 bits per heavy atom. The highest BCUT2D eigenvalue weighted by Crippen LogP contribution is 2.33. The summed E-state index contributed by atoms with van der Waals surface area (Å²) in [5.74, 6) is 0. The quantitative estimate of drug-likeness (QED) is 0.755. The molecular weight excluding hydrogens is 200 g/mol. The molecule has 0 bridgehead atoms. The molecular formula is C10H10O3S. The van der Waals surface area contributed by atoms with E-state index >= 15 is 0 Å². The van der Waals surface area contributed by atoms with E-state index in [0.29, 0.717) is 16.0 Å². The highest BCUT2D eigenvalue weighted by atomic mass is 32.2. The molecule has 1 aliphatic heterocycles. The second-order valence-corrected chi connectivity index (χ2v) is 5.11. The molecule has 4 heteroatoms. The molecule has 0 amide bonds. The number of aryl methyl sites for hydroxylation is 1. The van der Waals surface area contributed by atoms with Crippen molar-refractivity contribution >= 4 is 15.4 Å². The van der Waals surface area contributed by atoms with Gasteiger partial charge in [-0.3, -0.25) is 0 Å². The van der Waals surface area contributed by atoms with Crippen molar-refractivity contribution in [2.75, 3.05) is 6.61 Å². The SMILES string of the molecule is Cc1ccc2c(c1)S(=O)(=O)C=C2CO. The first-order valence-electron chi connectivity index (χ1n) is 4.22. The minimum atomic E-state index is -3.31. The summed E-state index contributed by atoms with van der Waals surface area (Å²) in [4.78, 5) is 0.307. The third-order valence-electron chi connectivity index (χ3n) is 2.26. The third-order valence-corrected chi connectivity index (χ3v) is 3.80. The van der Waals surface area contributed by atoms with Gasteiger partial charge in [0.2, 0.25) is 9.84 Å². The van der Waals surface area contributed by atoms with Gasteiger partial charge in [0.25, 0.3) is 0 Å². The monoisotopic (exact) mass is 210 g/mol. The molecule has 3 nitrogen and oxygen atoms in total. The number of aliphatic hydroxyl groups is 1. The van der Waals surface area contributed by atoms with Crippen LogP contribution in [0.5, 0.6) is 0 Å². The lowest BCUT2D eigenvalue weighted by Gasteiger charge is -2.01. The van der Waals surface area contributed by atoms with Crippen molar-refractivity contribution in [1.82, 2.24) is 0 Å². The summed E-state index contributed by atoms with van der Waals surface area (Å²) in [6, 6.07) is 5.20. The van der Waals surface area contributed by atoms with Gasteiger partial charge in [0.1, 0.15) is 0 Å². The number of sulfone groups is 1. The van der Waals surface area contributed by atoms with Gasteiger partial charge in [-0.25, -0.2) is 8.42 Å². The number of hydrogen-bond acceptors (Lipinski definition) is 3. The predicted molar refractivity (Wildman–Crippen MR) is 53.4 cm³/mol. The van der Waals surface area contributed by atoms with E-state index in [9.17, 15) is 8.42 Å². The maximum absolute atomic E-state index is 11.6. The minimum Gasteiger partial charge on any atom is -0.392 e. The standard InChI is InChI=1S/C10H10O3S/c1-7-2-3-9-8(5-11)6-14(12,13)10(9)4-7/h2-4,6,11H,5H2,1H3. The van der Waals surface area contributed by atoms with Gasteiger partial charge in [-0.15, -0.1) is 0 Å². The number of hydrogen-bond donors (Lipinski definition) is 1. The Morgan fingerprint density at radius 1 is 1.36 bits per heavy atom. The van der Waals surface area contributed by atoms with E-state index < -0.39 is 9.84 Å². The zero-order valence-electron chi connectivity index (χ0n) is 7.69. The van der Waals surface area contributed by atoms with Gasteiger partial charge in [-0.1, -0.05) is 12.1 Å². The Morgan fingerprint density at radius 2 is 2.07 bits per heavy atom. The topological polar surface area (TPSA) is 54.4 Å². The van der Waals surface area contributed by atoms with Crippen LogP contribution in [0.15, 0.2) is 28.5 Å². The smallest absolute Gasteiger partial charge is 0.200 e. The van der Waals surface area contributed by atoms with Crippen molar-refractivity contribution in [2.24, 2.45) is 0 Å². The summed E-state index contributed by atoms with van der Waals surface area (Å²) >= 11 is 0. The van der Waals surface area contributed by atoms with Crippen LogP contribution < -0.4 is 0 Å². The fourth-order valence-electron chi connectivity index (χ4n) is 1.57. The maximum atomic E-state index is 11.6. The molecule has 0 atom stereocenters. The van der Waals surface area contributed by atoms with Gasteiger partial charge < -0.3 is 5.11 Å². The molecule has 0 unspecified atom stereocenters. The molecule has 0 saturated heterocycles. The van der Waals surface area contributed by atoms with E-state index in [0.717, 1.165) is 11.0 Å². The summed E-state index contributed by atoms with van der Waals surface area (Å²) in [6.45, 7) is 1.60. The molecule has 1 N–H and O–H groups in total. The molecule has 1 heterocycles. The zero-order chi connectivity index (χ0) is 10.3. The van der Waals surface area contributed by atoms with E-state index in [2.05, 4.69) is 0 Å². The number of fused-ring (bicyclic) bond motifs is 1. The van der Waals surface area contributed by atoms with Gasteiger partial charge in [-0.2, -0.15) is 0 Å². The molecule has 0 saturated carbocycles. The molecule has 0 spiro atoms. The molecule has 1 aliphatic rings. The van der Waals surface area contributed by atoms with Gasteiger partial charge in [0.05, 0.1) is 11.5 Å². The Labute approximate surface area is 82.6 Å². The molecule has 0 radical (unpaired) electrons. The van der Waals surface area contributed by atoms with E-state index in [-0.39, 0.29) is 6.61 Å². The maximum Gasteiger partial charge on any atom is 0.200 e. The Kier molecular flexibility index (Phi) is 1.97. The molecule has 0 aromatic heterocycles. The molecule has 0 fully saturated rings. The number of aliphatic hydroxyl groups excluding tert-OH is 1. The van der Waals surface area contributed by atoms with Crippen LogP contribution in [-0.4, -0.2) is 20.1 Å². The third kappa shape index (κ3) is 1.27. The van der Waals surface area contributed by atoms with E-state index in [1.165, 1.54) is 0 Å². The Hall–Kier alpha value is -1.13. The van der Waals surface area contributed by atoms with Crippen LogP contribution in [0.1, 0.15) is 11.1 Å². The molecule has 1 aromatic carbocycles. The lowest BCUT2D eigenvalue weighted by Crippen LogP contribution is -1.93. The van der Waals surface area contributed by atoms with Gasteiger partial charge >= 0.3 is 0 Å². The van der Waals surface area contributed by atoms with E-state index in [4.69, 9.17) is 5.11 Å². The number of rotatable bonds is 1. The molecule has 2 rings (SSSR count). The van der Waals surface area contributed by atoms with Crippen molar-refractivity contribution in [1.29, 1.82) is 0 Å². The average molecular weight is 210 g/mol. The molecule has 74 valence electrons. The van der Waals surface area contributed by atoms with Crippen LogP contribution in [0.3, 0.4) is 0 Å². The largest absolute Gasteiger partial charge is 0.392 e. The predicted octanol–water partition coefficient (Wildman–Crippen LogP) is 1.12. The summed E-state index contributed by atoms with van der Waals surface area (Å²) in [6.07, 6.45) is 0. The first-order chi connectivity index (χ1) is 6.54. The van der Waals surface area contributed by atoms with Crippen LogP contribution in [0.25, 0.3) is 5.57 Å². The Balaban J connectivity index is 2.75. The minimum absolute atomic E-state index is 0.241. The average Bonchev–Trinajstić information content (AvgIpc) is 2.38. The highest BCUT2D eigenvalue weighted by Gasteiger charge is 2.25. The normalized spacial score (nSPS) is 17.7. The lowest BCUT2D eigenvalue weighted by atomic mass is 10.1. The first kappa shape index (κ1) is 9.43. The summed E-state index contributed by atoms with van der Waals surface area (Å²) in [5, 5.41) is 10.1. The van der Waals surface area contributed by atoms with Crippen molar-refractivity contribution in [3.8, 4) is 0 Å². The van der Waals surface area contributed by atoms with Crippen molar-refractivity contribution < 1.29 is 13.5 Å². The van der Waals surface area contributed by atoms with Crippen molar-refractivity contribution in [3.05, 3.63) is 34.7 Å². The second-order valence-electron chi connectivity index (χ2n) is 3.35. The summed E-state index contributed by atoms with van der Waals surface area (Å²) in [7, 11) is -3.31. The molecule has 14 heavy (non-hydrogen) atoms. The lowest BCUT2D eigenvalue weighted by molar-refractivity contribution is 0.350. The Bertz CT molecular complexity index is 512. The van der Waals surface area contributed by atoms with Crippen LogP contribution in [0.4, 0.5) is 0 Å².